The number of ether oxygens (including phenoxy) is 1. The van der Waals surface area contributed by atoms with Gasteiger partial charge in [0.1, 0.15) is 0 Å². The van der Waals surface area contributed by atoms with Gasteiger partial charge in [-0.2, -0.15) is 5.26 Å². The first-order valence-electron chi connectivity index (χ1n) is 5.49. The fourth-order valence-electron chi connectivity index (χ4n) is 1.28. The Hall–Kier alpha value is -1.08. The van der Waals surface area contributed by atoms with Crippen molar-refractivity contribution in [2.24, 2.45) is 0 Å². The van der Waals surface area contributed by atoms with Crippen LogP contribution in [0.3, 0.4) is 0 Å². The second kappa shape index (κ2) is 9.47. The average Bonchev–Trinajstić information content (AvgIpc) is 2.23. The van der Waals surface area contributed by atoms with Crippen molar-refractivity contribution >= 4 is 5.97 Å². The summed E-state index contributed by atoms with van der Waals surface area (Å²) in [6.45, 7) is 6.31. The molecule has 0 heterocycles. The van der Waals surface area contributed by atoms with E-state index in [0.717, 1.165) is 25.9 Å². The molecule has 0 aromatic rings. The van der Waals surface area contributed by atoms with Crippen molar-refractivity contribution in [3.05, 3.63) is 0 Å². The average molecular weight is 212 g/mol. The van der Waals surface area contributed by atoms with Crippen LogP contribution in [0.4, 0.5) is 0 Å². The summed E-state index contributed by atoms with van der Waals surface area (Å²) in [7, 11) is 0. The second-order valence-corrected chi connectivity index (χ2v) is 3.29. The van der Waals surface area contributed by atoms with E-state index in [1.165, 1.54) is 0 Å². The summed E-state index contributed by atoms with van der Waals surface area (Å²) in [5.74, 6) is -0.167. The first-order valence-corrected chi connectivity index (χ1v) is 5.49. The number of carbonyl (C=O) groups is 1. The van der Waals surface area contributed by atoms with E-state index in [1.807, 2.05) is 11.8 Å². The van der Waals surface area contributed by atoms with Crippen LogP contribution in [-0.2, 0) is 9.53 Å². The van der Waals surface area contributed by atoms with E-state index < -0.39 is 0 Å². The number of rotatable bonds is 8. The highest BCUT2D eigenvalue weighted by atomic mass is 16.5. The van der Waals surface area contributed by atoms with Crippen molar-refractivity contribution in [1.82, 2.24) is 4.90 Å². The third kappa shape index (κ3) is 7.95. The van der Waals surface area contributed by atoms with Gasteiger partial charge in [-0.15, -0.1) is 0 Å². The smallest absolute Gasteiger partial charge is 0.320 e. The van der Waals surface area contributed by atoms with E-state index in [1.54, 1.807) is 6.92 Å². The van der Waals surface area contributed by atoms with Crippen molar-refractivity contribution < 1.29 is 9.53 Å². The van der Waals surface area contributed by atoms with Gasteiger partial charge in [-0.25, -0.2) is 0 Å². The first-order chi connectivity index (χ1) is 7.24. The zero-order valence-electron chi connectivity index (χ0n) is 9.66. The maximum absolute atomic E-state index is 11.2. The molecule has 0 aromatic carbocycles. The molecular weight excluding hydrogens is 192 g/mol. The predicted octanol–water partition coefficient (Wildman–Crippen LogP) is 1.57. The molecule has 0 saturated carbocycles. The molecular formula is C11H20N2O2. The molecule has 0 aliphatic rings. The maximum atomic E-state index is 11.2. The normalized spacial score (nSPS) is 10.0. The van der Waals surface area contributed by atoms with Crippen molar-refractivity contribution in [3.8, 4) is 6.07 Å². The Labute approximate surface area is 91.8 Å². The minimum atomic E-state index is -0.167. The van der Waals surface area contributed by atoms with E-state index in [9.17, 15) is 4.79 Å². The van der Waals surface area contributed by atoms with Crippen molar-refractivity contribution in [2.75, 3.05) is 26.2 Å². The number of unbranched alkanes of at least 4 members (excludes halogenated alkanes) is 2. The number of hydrogen-bond donors (Lipinski definition) is 0. The largest absolute Gasteiger partial charge is 0.465 e. The molecule has 0 aliphatic heterocycles. The number of hydrogen-bond acceptors (Lipinski definition) is 4. The fourth-order valence-corrected chi connectivity index (χ4v) is 1.28. The Morgan fingerprint density at radius 3 is 2.67 bits per heavy atom. The standard InChI is InChI=1S/C11H20N2O2/c1-3-13(9-7-5-6-8-12)10-11(14)15-4-2/h3-7,9-10H2,1-2H3. The quantitative estimate of drug-likeness (QED) is 0.452. The Bertz CT molecular complexity index is 211. The molecule has 0 N–H and O–H groups in total. The van der Waals surface area contributed by atoms with Crippen LogP contribution < -0.4 is 0 Å². The minimum Gasteiger partial charge on any atom is -0.465 e. The van der Waals surface area contributed by atoms with E-state index in [0.29, 0.717) is 19.6 Å². The minimum absolute atomic E-state index is 0.167. The molecule has 0 fully saturated rings. The van der Waals surface area contributed by atoms with E-state index in [2.05, 4.69) is 6.07 Å². The summed E-state index contributed by atoms with van der Waals surface area (Å²) in [5, 5.41) is 8.37. The lowest BCUT2D eigenvalue weighted by Crippen LogP contribution is -2.31. The van der Waals surface area contributed by atoms with Crippen LogP contribution in [0, 0.1) is 11.3 Å². The van der Waals surface area contributed by atoms with Crippen LogP contribution in [0.2, 0.25) is 0 Å². The molecule has 0 aromatic heterocycles. The Kier molecular flexibility index (Phi) is 8.79. The van der Waals surface area contributed by atoms with Gasteiger partial charge in [-0.05, 0) is 32.9 Å². The van der Waals surface area contributed by atoms with Crippen molar-refractivity contribution in [2.45, 2.75) is 33.1 Å². The monoisotopic (exact) mass is 212 g/mol. The first kappa shape index (κ1) is 13.9. The third-order valence-corrected chi connectivity index (χ3v) is 2.12. The van der Waals surface area contributed by atoms with Gasteiger partial charge in [0.15, 0.2) is 0 Å². The fraction of sp³-hybridized carbons (Fsp3) is 0.818. The molecule has 0 amide bonds. The van der Waals surface area contributed by atoms with Crippen LogP contribution in [0.1, 0.15) is 33.1 Å². The lowest BCUT2D eigenvalue weighted by atomic mass is 10.2. The number of carbonyl (C=O) groups excluding carboxylic acids is 1. The molecule has 0 saturated heterocycles. The SMILES string of the molecule is CCOC(=O)CN(CC)CCCCC#N. The number of esters is 1. The van der Waals surface area contributed by atoms with Gasteiger partial charge < -0.3 is 4.74 Å². The van der Waals surface area contributed by atoms with Crippen molar-refractivity contribution in [1.29, 1.82) is 5.26 Å². The van der Waals surface area contributed by atoms with E-state index in [4.69, 9.17) is 10.00 Å². The maximum Gasteiger partial charge on any atom is 0.320 e. The predicted molar refractivity (Wildman–Crippen MR) is 58.2 cm³/mol. The topological polar surface area (TPSA) is 53.3 Å². The van der Waals surface area contributed by atoms with Crippen LogP contribution >= 0.6 is 0 Å². The molecule has 4 nitrogen and oxygen atoms in total. The van der Waals surface area contributed by atoms with Gasteiger partial charge >= 0.3 is 5.97 Å². The van der Waals surface area contributed by atoms with Crippen LogP contribution in [0.5, 0.6) is 0 Å². The second-order valence-electron chi connectivity index (χ2n) is 3.29. The molecule has 86 valence electrons. The summed E-state index contributed by atoms with van der Waals surface area (Å²) >= 11 is 0. The summed E-state index contributed by atoms with van der Waals surface area (Å²) in [4.78, 5) is 13.2. The number of nitriles is 1. The molecule has 0 rings (SSSR count). The van der Waals surface area contributed by atoms with Crippen LogP contribution in [0.15, 0.2) is 0 Å². The molecule has 0 unspecified atom stereocenters. The van der Waals surface area contributed by atoms with Crippen LogP contribution in [0.25, 0.3) is 0 Å². The van der Waals surface area contributed by atoms with Gasteiger partial charge in [-0.1, -0.05) is 6.92 Å². The highest BCUT2D eigenvalue weighted by Crippen LogP contribution is 1.98. The van der Waals surface area contributed by atoms with Crippen LogP contribution in [-0.4, -0.2) is 37.1 Å². The third-order valence-electron chi connectivity index (χ3n) is 2.12. The summed E-state index contributed by atoms with van der Waals surface area (Å²) in [6, 6.07) is 2.11. The summed E-state index contributed by atoms with van der Waals surface area (Å²) in [5.41, 5.74) is 0. The van der Waals surface area contributed by atoms with Gasteiger partial charge in [0.05, 0.1) is 19.2 Å². The zero-order chi connectivity index (χ0) is 11.5. The molecule has 0 aliphatic carbocycles. The zero-order valence-corrected chi connectivity index (χ0v) is 9.66. The molecule has 4 heteroatoms. The Morgan fingerprint density at radius 1 is 1.40 bits per heavy atom. The number of nitrogens with zero attached hydrogens (tertiary/aromatic N) is 2. The molecule has 0 spiro atoms. The highest BCUT2D eigenvalue weighted by Gasteiger charge is 2.08. The highest BCUT2D eigenvalue weighted by molar-refractivity contribution is 5.71. The van der Waals surface area contributed by atoms with Gasteiger partial charge in [0.25, 0.3) is 0 Å². The Balaban J connectivity index is 3.63. The number of likely N-dealkylation sites (N-methyl/N-ethyl adjacent to an activating group) is 1. The molecule has 0 atom stereocenters. The summed E-state index contributed by atoms with van der Waals surface area (Å²) in [6.07, 6.45) is 2.45. The Morgan fingerprint density at radius 2 is 2.13 bits per heavy atom. The van der Waals surface area contributed by atoms with Gasteiger partial charge in [0.2, 0.25) is 0 Å². The lowest BCUT2D eigenvalue weighted by molar-refractivity contribution is -0.144. The van der Waals surface area contributed by atoms with Gasteiger partial charge in [0, 0.05) is 6.42 Å². The molecule has 0 bridgehead atoms. The van der Waals surface area contributed by atoms with Gasteiger partial charge in [-0.3, -0.25) is 9.69 Å². The van der Waals surface area contributed by atoms with E-state index >= 15 is 0 Å². The van der Waals surface area contributed by atoms with Crippen molar-refractivity contribution in [3.63, 3.8) is 0 Å². The lowest BCUT2D eigenvalue weighted by Gasteiger charge is -2.18. The van der Waals surface area contributed by atoms with E-state index in [-0.39, 0.29) is 5.97 Å². The molecule has 0 radical (unpaired) electrons. The summed E-state index contributed by atoms with van der Waals surface area (Å²) < 4.78 is 4.87. The molecule has 15 heavy (non-hydrogen) atoms.